The summed E-state index contributed by atoms with van der Waals surface area (Å²) >= 11 is 0. The third-order valence-electron chi connectivity index (χ3n) is 6.20. The minimum absolute atomic E-state index is 0.0612. The Bertz CT molecular complexity index is 1170. The number of hydrogen-bond donors (Lipinski definition) is 1. The summed E-state index contributed by atoms with van der Waals surface area (Å²) in [7, 11) is -0.524. The number of nitrogens with one attached hydrogen (secondary N) is 1. The molecule has 0 unspecified atom stereocenters. The van der Waals surface area contributed by atoms with Crippen LogP contribution in [0.25, 0.3) is 11.0 Å². The number of hydrogen-bond acceptors (Lipinski definition) is 5. The highest BCUT2D eigenvalue weighted by molar-refractivity contribution is 7.89. The molecule has 8 nitrogen and oxygen atoms in total. The van der Waals surface area contributed by atoms with Crippen LogP contribution in [0.1, 0.15) is 37.4 Å². The van der Waals surface area contributed by atoms with E-state index in [1.165, 1.54) is 23.5 Å². The minimum Gasteiger partial charge on any atom is -0.497 e. The fourth-order valence-electron chi connectivity index (χ4n) is 4.25. The quantitative estimate of drug-likeness (QED) is 0.545. The van der Waals surface area contributed by atoms with Gasteiger partial charge in [-0.3, -0.25) is 4.79 Å². The third-order valence-corrected chi connectivity index (χ3v) is 8.07. The van der Waals surface area contributed by atoms with Gasteiger partial charge >= 0.3 is 0 Å². The zero-order valence-corrected chi connectivity index (χ0v) is 19.8. The third kappa shape index (κ3) is 5.20. The van der Waals surface area contributed by atoms with Gasteiger partial charge in [0.15, 0.2) is 0 Å². The highest BCUT2D eigenvalue weighted by atomic mass is 32.2. The SMILES string of the molecule is COc1ccc(S(=O)(=O)N(C)CCCC(=O)N2CCC[C@H](c3nc4ccccc4[nH]3)C2)cc1. The number of amides is 1. The lowest BCUT2D eigenvalue weighted by Crippen LogP contribution is -2.39. The van der Waals surface area contributed by atoms with Crippen LogP contribution in [-0.4, -0.2) is 67.3 Å². The number of piperidine rings is 1. The molecule has 4 rings (SSSR count). The molecule has 1 aliphatic rings. The van der Waals surface area contributed by atoms with Crippen molar-refractivity contribution in [2.45, 2.75) is 36.5 Å². The molecular formula is C24H30N4O4S. The highest BCUT2D eigenvalue weighted by Crippen LogP contribution is 2.27. The van der Waals surface area contributed by atoms with Crippen LogP contribution in [0.15, 0.2) is 53.4 Å². The first kappa shape index (κ1) is 23.3. The molecular weight excluding hydrogens is 440 g/mol. The summed E-state index contributed by atoms with van der Waals surface area (Å²) in [6.45, 7) is 1.65. The average Bonchev–Trinajstić information content (AvgIpc) is 3.28. The second-order valence-electron chi connectivity index (χ2n) is 8.42. The molecule has 3 aromatic rings. The van der Waals surface area contributed by atoms with Gasteiger partial charge in [0.25, 0.3) is 0 Å². The lowest BCUT2D eigenvalue weighted by molar-refractivity contribution is -0.132. The molecule has 0 bridgehead atoms. The number of carbonyl (C=O) groups is 1. The molecule has 1 aromatic heterocycles. The first-order valence-corrected chi connectivity index (χ1v) is 12.7. The number of methoxy groups -OCH3 is 1. The molecule has 1 amide bonds. The number of imidazole rings is 1. The Balaban J connectivity index is 1.30. The molecule has 0 saturated carbocycles. The number of rotatable bonds is 8. The van der Waals surface area contributed by atoms with E-state index in [4.69, 9.17) is 9.72 Å². The van der Waals surface area contributed by atoms with Crippen LogP contribution in [0.4, 0.5) is 0 Å². The standard InChI is InChI=1S/C24H30N4O4S/c1-27(33(30,31)20-13-11-19(32-2)12-14-20)15-6-10-23(29)28-16-5-7-18(17-28)24-25-21-8-3-4-9-22(21)26-24/h3-4,8-9,11-14,18H,5-7,10,15-17H2,1-2H3,(H,25,26)/t18-/m0/s1. The number of carbonyl (C=O) groups excluding carboxylic acids is 1. The largest absolute Gasteiger partial charge is 0.497 e. The van der Waals surface area contributed by atoms with E-state index in [2.05, 4.69) is 4.98 Å². The summed E-state index contributed by atoms with van der Waals surface area (Å²) in [6.07, 6.45) is 2.71. The fraction of sp³-hybridized carbons (Fsp3) is 0.417. The second-order valence-corrected chi connectivity index (χ2v) is 10.5. The Morgan fingerprint density at radius 1 is 1.21 bits per heavy atom. The van der Waals surface area contributed by atoms with E-state index in [1.807, 2.05) is 29.2 Å². The lowest BCUT2D eigenvalue weighted by atomic mass is 9.97. The molecule has 2 heterocycles. The Morgan fingerprint density at radius 2 is 1.97 bits per heavy atom. The predicted molar refractivity (Wildman–Crippen MR) is 127 cm³/mol. The van der Waals surface area contributed by atoms with E-state index in [0.29, 0.717) is 25.1 Å². The van der Waals surface area contributed by atoms with Crippen molar-refractivity contribution in [1.29, 1.82) is 0 Å². The maximum Gasteiger partial charge on any atom is 0.242 e. The topological polar surface area (TPSA) is 95.6 Å². The highest BCUT2D eigenvalue weighted by Gasteiger charge is 2.27. The first-order valence-electron chi connectivity index (χ1n) is 11.2. The van der Waals surface area contributed by atoms with Crippen molar-refractivity contribution in [2.24, 2.45) is 0 Å². The van der Waals surface area contributed by atoms with Gasteiger partial charge < -0.3 is 14.6 Å². The van der Waals surface area contributed by atoms with Crippen molar-refractivity contribution < 1.29 is 17.9 Å². The van der Waals surface area contributed by atoms with Crippen molar-refractivity contribution in [3.63, 3.8) is 0 Å². The molecule has 1 fully saturated rings. The van der Waals surface area contributed by atoms with Crippen LogP contribution >= 0.6 is 0 Å². The van der Waals surface area contributed by atoms with Crippen LogP contribution in [0, 0.1) is 0 Å². The van der Waals surface area contributed by atoms with Gasteiger partial charge in [0, 0.05) is 39.0 Å². The maximum absolute atomic E-state index is 12.8. The van der Waals surface area contributed by atoms with Gasteiger partial charge in [-0.2, -0.15) is 0 Å². The summed E-state index contributed by atoms with van der Waals surface area (Å²) in [5, 5.41) is 0. The molecule has 176 valence electrons. The van der Waals surface area contributed by atoms with Gasteiger partial charge in [-0.05, 0) is 55.7 Å². The summed E-state index contributed by atoms with van der Waals surface area (Å²) in [4.78, 5) is 23.0. The summed E-state index contributed by atoms with van der Waals surface area (Å²) in [5.74, 6) is 1.78. The molecule has 33 heavy (non-hydrogen) atoms. The monoisotopic (exact) mass is 470 g/mol. The number of aromatic amines is 1. The summed E-state index contributed by atoms with van der Waals surface area (Å²) in [6, 6.07) is 14.2. The van der Waals surface area contributed by atoms with Gasteiger partial charge in [0.2, 0.25) is 15.9 Å². The van der Waals surface area contributed by atoms with Crippen LogP contribution in [0.2, 0.25) is 0 Å². The predicted octanol–water partition coefficient (Wildman–Crippen LogP) is 3.38. The number of para-hydroxylation sites is 2. The minimum atomic E-state index is -3.60. The molecule has 9 heteroatoms. The molecule has 0 radical (unpaired) electrons. The molecule has 1 N–H and O–H groups in total. The molecule has 0 spiro atoms. The average molecular weight is 471 g/mol. The smallest absolute Gasteiger partial charge is 0.242 e. The van der Waals surface area contributed by atoms with Crippen LogP contribution in [-0.2, 0) is 14.8 Å². The Morgan fingerprint density at radius 3 is 2.70 bits per heavy atom. The molecule has 1 saturated heterocycles. The number of benzene rings is 2. The summed E-state index contributed by atoms with van der Waals surface area (Å²) in [5.41, 5.74) is 1.95. The number of aromatic nitrogens is 2. The maximum atomic E-state index is 12.8. The lowest BCUT2D eigenvalue weighted by Gasteiger charge is -2.32. The number of sulfonamides is 1. The fourth-order valence-corrected chi connectivity index (χ4v) is 5.46. The van der Waals surface area contributed by atoms with Gasteiger partial charge in [-0.1, -0.05) is 12.1 Å². The van der Waals surface area contributed by atoms with Crippen LogP contribution in [0.3, 0.4) is 0 Å². The van der Waals surface area contributed by atoms with E-state index >= 15 is 0 Å². The number of ether oxygens (including phenoxy) is 1. The van der Waals surface area contributed by atoms with Gasteiger partial charge in [0.1, 0.15) is 11.6 Å². The van der Waals surface area contributed by atoms with Crippen molar-refractivity contribution in [3.8, 4) is 5.75 Å². The number of fused-ring (bicyclic) bond motifs is 1. The zero-order chi connectivity index (χ0) is 23.4. The van der Waals surface area contributed by atoms with Gasteiger partial charge in [0.05, 0.1) is 23.0 Å². The van der Waals surface area contributed by atoms with Crippen LogP contribution in [0.5, 0.6) is 5.75 Å². The van der Waals surface area contributed by atoms with Gasteiger partial charge in [-0.15, -0.1) is 0 Å². The molecule has 1 aliphatic heterocycles. The van der Waals surface area contributed by atoms with Crippen molar-refractivity contribution in [3.05, 3.63) is 54.4 Å². The first-order chi connectivity index (χ1) is 15.9. The van der Waals surface area contributed by atoms with E-state index in [0.717, 1.165) is 36.2 Å². The van der Waals surface area contributed by atoms with E-state index in [9.17, 15) is 13.2 Å². The molecule has 1 atom stereocenters. The number of H-pyrrole nitrogens is 1. The van der Waals surface area contributed by atoms with Crippen molar-refractivity contribution >= 4 is 27.0 Å². The second kappa shape index (κ2) is 9.93. The van der Waals surface area contributed by atoms with Crippen molar-refractivity contribution in [2.75, 3.05) is 33.8 Å². The Labute approximate surface area is 194 Å². The summed E-state index contributed by atoms with van der Waals surface area (Å²) < 4.78 is 31.9. The molecule has 2 aromatic carbocycles. The van der Waals surface area contributed by atoms with Gasteiger partial charge in [-0.25, -0.2) is 17.7 Å². The van der Waals surface area contributed by atoms with E-state index in [-0.39, 0.29) is 23.3 Å². The number of likely N-dealkylation sites (tertiary alicyclic amines) is 1. The Hall–Kier alpha value is -2.91. The van der Waals surface area contributed by atoms with E-state index < -0.39 is 10.0 Å². The normalized spacial score (nSPS) is 16.9. The van der Waals surface area contributed by atoms with Crippen LogP contribution < -0.4 is 4.74 Å². The van der Waals surface area contributed by atoms with Crippen molar-refractivity contribution in [1.82, 2.24) is 19.2 Å². The Kier molecular flexibility index (Phi) is 6.99. The number of nitrogens with zero attached hydrogens (tertiary/aromatic N) is 3. The zero-order valence-electron chi connectivity index (χ0n) is 19.0. The molecule has 0 aliphatic carbocycles. The van der Waals surface area contributed by atoms with E-state index in [1.54, 1.807) is 19.2 Å².